The van der Waals surface area contributed by atoms with Crippen molar-refractivity contribution in [2.24, 2.45) is 22.7 Å². The Morgan fingerprint density at radius 2 is 1.46 bits per heavy atom. The molecule has 0 aromatic rings. The highest BCUT2D eigenvalue weighted by Gasteiger charge is 2.48. The highest BCUT2D eigenvalue weighted by molar-refractivity contribution is 4.98. The molecule has 1 aliphatic carbocycles. The minimum absolute atomic E-state index is 0.0183. The van der Waals surface area contributed by atoms with E-state index in [1.165, 1.54) is 6.42 Å². The van der Waals surface area contributed by atoms with Crippen molar-refractivity contribution < 1.29 is 10.2 Å². The van der Waals surface area contributed by atoms with Crippen LogP contribution in [-0.2, 0) is 0 Å². The Hall–Kier alpha value is -0.120. The molecule has 1 aliphatic rings. The SMILES string of the molecule is CCC(O)C(C)(C)C(C)(C)C(C)C(CC1CCC(O)CC1)N(C)C(C)C. The summed E-state index contributed by atoms with van der Waals surface area (Å²) in [4.78, 5) is 2.55. The average molecular weight is 370 g/mol. The van der Waals surface area contributed by atoms with E-state index in [4.69, 9.17) is 0 Å². The Bertz CT molecular complexity index is 410. The van der Waals surface area contributed by atoms with Gasteiger partial charge in [-0.3, -0.25) is 0 Å². The molecule has 2 N–H and O–H groups in total. The molecule has 0 saturated heterocycles. The number of hydrogen-bond acceptors (Lipinski definition) is 3. The zero-order chi connectivity index (χ0) is 20.3. The van der Waals surface area contributed by atoms with Crippen molar-refractivity contribution in [1.29, 1.82) is 0 Å². The largest absolute Gasteiger partial charge is 0.393 e. The van der Waals surface area contributed by atoms with Crippen LogP contribution in [0.1, 0.15) is 93.9 Å². The summed E-state index contributed by atoms with van der Waals surface area (Å²) in [6.45, 7) is 18.2. The number of hydrogen-bond donors (Lipinski definition) is 2. The Labute approximate surface area is 163 Å². The first-order valence-corrected chi connectivity index (χ1v) is 10.9. The smallest absolute Gasteiger partial charge is 0.0593 e. The lowest BCUT2D eigenvalue weighted by atomic mass is 9.56. The molecule has 0 spiro atoms. The van der Waals surface area contributed by atoms with Crippen LogP contribution in [0.2, 0.25) is 0 Å². The lowest BCUT2D eigenvalue weighted by Crippen LogP contribution is -2.53. The Balaban J connectivity index is 3.04. The van der Waals surface area contributed by atoms with Crippen molar-refractivity contribution in [3.8, 4) is 0 Å². The van der Waals surface area contributed by atoms with Gasteiger partial charge in [-0.1, -0.05) is 41.5 Å². The van der Waals surface area contributed by atoms with Gasteiger partial charge in [0.05, 0.1) is 12.2 Å². The normalized spacial score (nSPS) is 26.2. The maximum Gasteiger partial charge on any atom is 0.0593 e. The second-order valence-corrected chi connectivity index (χ2v) is 10.4. The molecule has 0 aliphatic heterocycles. The monoisotopic (exact) mass is 369 g/mol. The van der Waals surface area contributed by atoms with E-state index in [0.717, 1.165) is 32.1 Å². The molecule has 0 bridgehead atoms. The third-order valence-electron chi connectivity index (χ3n) is 8.32. The minimum atomic E-state index is -0.283. The van der Waals surface area contributed by atoms with Gasteiger partial charge in [-0.25, -0.2) is 0 Å². The molecule has 3 heteroatoms. The molecule has 0 radical (unpaired) electrons. The fraction of sp³-hybridized carbons (Fsp3) is 1.00. The van der Waals surface area contributed by atoms with Gasteiger partial charge in [0, 0.05) is 12.1 Å². The topological polar surface area (TPSA) is 43.7 Å². The van der Waals surface area contributed by atoms with E-state index in [9.17, 15) is 10.2 Å². The van der Waals surface area contributed by atoms with Gasteiger partial charge in [0.15, 0.2) is 0 Å². The number of rotatable bonds is 9. The second kappa shape index (κ2) is 9.39. The van der Waals surface area contributed by atoms with Crippen molar-refractivity contribution in [3.63, 3.8) is 0 Å². The van der Waals surface area contributed by atoms with E-state index < -0.39 is 0 Å². The van der Waals surface area contributed by atoms with Crippen molar-refractivity contribution in [2.45, 2.75) is 118 Å². The molecule has 0 aromatic carbocycles. The molecule has 0 amide bonds. The maximum absolute atomic E-state index is 10.7. The van der Waals surface area contributed by atoms with Crippen molar-refractivity contribution >= 4 is 0 Å². The summed E-state index contributed by atoms with van der Waals surface area (Å²) in [5, 5.41) is 20.6. The van der Waals surface area contributed by atoms with Crippen molar-refractivity contribution in [3.05, 3.63) is 0 Å². The molecule has 156 valence electrons. The summed E-state index contributed by atoms with van der Waals surface area (Å²) in [5.41, 5.74) is -0.121. The van der Waals surface area contributed by atoms with E-state index in [-0.39, 0.29) is 23.0 Å². The van der Waals surface area contributed by atoms with Crippen LogP contribution in [0, 0.1) is 22.7 Å². The van der Waals surface area contributed by atoms with Gasteiger partial charge in [-0.15, -0.1) is 0 Å². The summed E-state index contributed by atoms with van der Waals surface area (Å²) in [7, 11) is 2.27. The van der Waals surface area contributed by atoms with Gasteiger partial charge in [-0.05, 0) is 82.1 Å². The summed E-state index contributed by atoms with van der Waals surface area (Å²) in [6.07, 6.45) is 5.85. The predicted molar refractivity (Wildman–Crippen MR) is 112 cm³/mol. The number of aliphatic hydroxyl groups excluding tert-OH is 2. The van der Waals surface area contributed by atoms with E-state index in [1.807, 2.05) is 0 Å². The lowest BCUT2D eigenvalue weighted by Gasteiger charge is -2.53. The fourth-order valence-electron chi connectivity index (χ4n) is 4.84. The first-order valence-electron chi connectivity index (χ1n) is 10.9. The molecule has 3 nitrogen and oxygen atoms in total. The zero-order valence-electron chi connectivity index (χ0n) is 19.0. The fourth-order valence-corrected chi connectivity index (χ4v) is 4.84. The van der Waals surface area contributed by atoms with Gasteiger partial charge >= 0.3 is 0 Å². The first-order chi connectivity index (χ1) is 11.9. The summed E-state index contributed by atoms with van der Waals surface area (Å²) in [6, 6.07) is 1.00. The highest BCUT2D eigenvalue weighted by Crippen LogP contribution is 2.50. The molecule has 0 aromatic heterocycles. The molecular formula is C23H47NO2. The highest BCUT2D eigenvalue weighted by atomic mass is 16.3. The molecule has 1 saturated carbocycles. The van der Waals surface area contributed by atoms with Crippen LogP contribution in [0.3, 0.4) is 0 Å². The zero-order valence-corrected chi connectivity index (χ0v) is 19.0. The van der Waals surface area contributed by atoms with Crippen LogP contribution < -0.4 is 0 Å². The number of aliphatic hydroxyl groups is 2. The minimum Gasteiger partial charge on any atom is -0.393 e. The van der Waals surface area contributed by atoms with E-state index in [2.05, 4.69) is 67.3 Å². The molecular weight excluding hydrogens is 322 g/mol. The van der Waals surface area contributed by atoms with Crippen molar-refractivity contribution in [2.75, 3.05) is 7.05 Å². The average Bonchev–Trinajstić information content (AvgIpc) is 2.58. The standard InChI is InChI=1S/C23H47NO2/c1-10-21(26)23(7,8)22(5,6)17(4)20(24(9)16(2)3)15-18-11-13-19(25)14-12-18/h16-21,25-26H,10-15H2,1-9H3. The third kappa shape index (κ3) is 5.23. The van der Waals surface area contributed by atoms with E-state index >= 15 is 0 Å². The molecule has 1 rings (SSSR count). The molecule has 1 fully saturated rings. The van der Waals surface area contributed by atoms with Crippen LogP contribution in [-0.4, -0.2) is 46.5 Å². The van der Waals surface area contributed by atoms with Gasteiger partial charge < -0.3 is 15.1 Å². The Morgan fingerprint density at radius 3 is 1.88 bits per heavy atom. The summed E-state index contributed by atoms with van der Waals surface area (Å²) in [5.74, 6) is 1.18. The Kier molecular flexibility index (Phi) is 8.63. The summed E-state index contributed by atoms with van der Waals surface area (Å²) < 4.78 is 0. The second-order valence-electron chi connectivity index (χ2n) is 10.4. The molecule has 0 heterocycles. The quantitative estimate of drug-likeness (QED) is 0.594. The number of nitrogens with zero attached hydrogens (tertiary/aromatic N) is 1. The molecule has 3 unspecified atom stereocenters. The van der Waals surface area contributed by atoms with Gasteiger partial charge in [0.2, 0.25) is 0 Å². The summed E-state index contributed by atoms with van der Waals surface area (Å²) >= 11 is 0. The lowest BCUT2D eigenvalue weighted by molar-refractivity contribution is -0.0870. The van der Waals surface area contributed by atoms with Gasteiger partial charge in [0.1, 0.15) is 0 Å². The van der Waals surface area contributed by atoms with E-state index in [0.29, 0.717) is 23.9 Å². The first kappa shape index (κ1) is 23.9. The third-order valence-corrected chi connectivity index (χ3v) is 8.32. The van der Waals surface area contributed by atoms with Crippen LogP contribution in [0.15, 0.2) is 0 Å². The van der Waals surface area contributed by atoms with Crippen LogP contribution in [0.4, 0.5) is 0 Å². The Morgan fingerprint density at radius 1 is 0.962 bits per heavy atom. The molecule has 3 atom stereocenters. The van der Waals surface area contributed by atoms with Crippen molar-refractivity contribution in [1.82, 2.24) is 4.90 Å². The van der Waals surface area contributed by atoms with Gasteiger partial charge in [-0.2, -0.15) is 0 Å². The van der Waals surface area contributed by atoms with E-state index in [1.54, 1.807) is 0 Å². The van der Waals surface area contributed by atoms with Crippen LogP contribution >= 0.6 is 0 Å². The molecule has 26 heavy (non-hydrogen) atoms. The maximum atomic E-state index is 10.7. The van der Waals surface area contributed by atoms with Crippen LogP contribution in [0.25, 0.3) is 0 Å². The predicted octanol–water partition coefficient (Wildman–Crippen LogP) is 5.10. The van der Waals surface area contributed by atoms with Gasteiger partial charge in [0.25, 0.3) is 0 Å². The van der Waals surface area contributed by atoms with Crippen LogP contribution in [0.5, 0.6) is 0 Å².